The van der Waals surface area contributed by atoms with Crippen LogP contribution in [-0.2, 0) is 22.4 Å². The predicted molar refractivity (Wildman–Crippen MR) is 120 cm³/mol. The van der Waals surface area contributed by atoms with Crippen LogP contribution in [0, 0.1) is 5.92 Å². The van der Waals surface area contributed by atoms with Crippen molar-refractivity contribution < 1.29 is 14.6 Å². The lowest BCUT2D eigenvalue weighted by molar-refractivity contribution is -0.150. The van der Waals surface area contributed by atoms with Gasteiger partial charge in [0.2, 0.25) is 10.8 Å². The number of likely N-dealkylation sites (tertiary alicyclic amines) is 1. The monoisotopic (exact) mass is 442 g/mol. The average molecular weight is 443 g/mol. The van der Waals surface area contributed by atoms with E-state index in [0.717, 1.165) is 48.5 Å². The Morgan fingerprint density at radius 2 is 2.03 bits per heavy atom. The second-order valence-electron chi connectivity index (χ2n) is 7.95. The molecule has 1 aliphatic rings. The van der Waals surface area contributed by atoms with E-state index in [0.29, 0.717) is 18.1 Å². The lowest BCUT2D eigenvalue weighted by atomic mass is 9.93. The molecule has 8 heteroatoms. The number of hydrogen-bond acceptors (Lipinski definition) is 7. The minimum Gasteiger partial charge on any atom is -0.492 e. The number of nitrogens with zero attached hydrogens (tertiary/aromatic N) is 4. The summed E-state index contributed by atoms with van der Waals surface area (Å²) in [5.41, 5.74) is 2.36. The quantitative estimate of drug-likeness (QED) is 0.558. The van der Waals surface area contributed by atoms with Gasteiger partial charge in [0.15, 0.2) is 5.82 Å². The van der Waals surface area contributed by atoms with Crippen LogP contribution in [0.1, 0.15) is 61.5 Å². The summed E-state index contributed by atoms with van der Waals surface area (Å²) in [6.07, 6.45) is 3.44. The number of piperidine rings is 1. The van der Waals surface area contributed by atoms with Crippen LogP contribution in [0.5, 0.6) is 5.88 Å². The Kier molecular flexibility index (Phi) is 6.57. The van der Waals surface area contributed by atoms with Crippen molar-refractivity contribution >= 4 is 22.3 Å². The van der Waals surface area contributed by atoms with Gasteiger partial charge < -0.3 is 9.84 Å². The number of benzene rings is 1. The third-order valence-corrected chi connectivity index (χ3v) is 7.02. The van der Waals surface area contributed by atoms with Crippen LogP contribution in [0.15, 0.2) is 24.3 Å². The van der Waals surface area contributed by atoms with Gasteiger partial charge >= 0.3 is 5.97 Å². The molecule has 3 heterocycles. The van der Waals surface area contributed by atoms with Gasteiger partial charge in [-0.25, -0.2) is 4.98 Å². The van der Waals surface area contributed by atoms with Crippen LogP contribution in [0.3, 0.4) is 0 Å². The zero-order chi connectivity index (χ0) is 22.0. The van der Waals surface area contributed by atoms with Crippen LogP contribution in [0.4, 0.5) is 0 Å². The summed E-state index contributed by atoms with van der Waals surface area (Å²) in [6, 6.07) is 8.37. The number of aryl methyl sites for hydroxylation is 2. The minimum absolute atomic E-state index is 0.133. The maximum atomic E-state index is 12.4. The molecule has 1 N–H and O–H groups in total. The molecule has 0 saturated carbocycles. The average Bonchev–Trinajstić information content (AvgIpc) is 3.34. The van der Waals surface area contributed by atoms with E-state index >= 15 is 0 Å². The highest BCUT2D eigenvalue weighted by atomic mass is 32.1. The number of thiazole rings is 1. The van der Waals surface area contributed by atoms with Crippen molar-refractivity contribution in [2.75, 3.05) is 19.7 Å². The molecule has 1 saturated heterocycles. The predicted octanol–water partition coefficient (Wildman–Crippen LogP) is 3.99. The fourth-order valence-corrected chi connectivity index (χ4v) is 5.41. The van der Waals surface area contributed by atoms with Crippen molar-refractivity contribution in [3.8, 4) is 5.88 Å². The molecule has 0 spiro atoms. The Hall–Kier alpha value is -2.45. The molecule has 0 aliphatic carbocycles. The molecule has 2 aromatic heterocycles. The topological polar surface area (TPSA) is 80.0 Å². The largest absolute Gasteiger partial charge is 0.492 e. The molecule has 7 nitrogen and oxygen atoms in total. The molecule has 1 aliphatic heterocycles. The second kappa shape index (κ2) is 9.36. The standard InChI is InChI=1S/C23H30N4O3S/c1-4-15-9-11-16(12-10-15)19(26-13-7-8-17(14-26)22(29)30-6-3)20-21(28)27-23(31-20)24-18(5-2)25-27/h9-12,17,19,28H,4-8,13-14H2,1-3H3/t17-,19+/m0/s1. The Morgan fingerprint density at radius 1 is 1.26 bits per heavy atom. The number of aromatic hydroxyl groups is 1. The van der Waals surface area contributed by atoms with Crippen molar-refractivity contribution in [2.24, 2.45) is 5.92 Å². The molecule has 2 atom stereocenters. The van der Waals surface area contributed by atoms with E-state index < -0.39 is 0 Å². The Bertz CT molecular complexity index is 1040. The first kappa shape index (κ1) is 21.8. The lowest BCUT2D eigenvalue weighted by Crippen LogP contribution is -2.41. The van der Waals surface area contributed by atoms with Crippen molar-refractivity contribution in [3.63, 3.8) is 0 Å². The summed E-state index contributed by atoms with van der Waals surface area (Å²) in [4.78, 5) is 20.8. The van der Waals surface area contributed by atoms with Gasteiger partial charge in [0, 0.05) is 13.0 Å². The zero-order valence-corrected chi connectivity index (χ0v) is 19.2. The summed E-state index contributed by atoms with van der Waals surface area (Å²) >= 11 is 1.47. The molecule has 31 heavy (non-hydrogen) atoms. The maximum Gasteiger partial charge on any atom is 0.310 e. The second-order valence-corrected chi connectivity index (χ2v) is 8.96. The van der Waals surface area contributed by atoms with Crippen LogP contribution >= 0.6 is 11.3 Å². The van der Waals surface area contributed by atoms with E-state index in [2.05, 4.69) is 46.2 Å². The van der Waals surface area contributed by atoms with Gasteiger partial charge in [-0.1, -0.05) is 49.4 Å². The minimum atomic E-state index is -0.165. The number of carbonyl (C=O) groups excluding carboxylic acids is 1. The smallest absolute Gasteiger partial charge is 0.310 e. The first-order valence-electron chi connectivity index (χ1n) is 11.1. The molecule has 0 radical (unpaired) electrons. The molecular weight excluding hydrogens is 412 g/mol. The van der Waals surface area contributed by atoms with Crippen LogP contribution in [0.25, 0.3) is 4.96 Å². The SMILES string of the molecule is CCOC(=O)[C@H]1CCCN([C@H](c2ccc(CC)cc2)c2sc3nc(CC)nn3c2O)C1. The normalized spacial score (nSPS) is 18.4. The van der Waals surface area contributed by atoms with Gasteiger partial charge in [-0.05, 0) is 43.9 Å². The Labute approximate surface area is 186 Å². The number of rotatable bonds is 7. The van der Waals surface area contributed by atoms with Gasteiger partial charge in [0.25, 0.3) is 0 Å². The summed E-state index contributed by atoms with van der Waals surface area (Å²) < 4.78 is 6.84. The highest BCUT2D eigenvalue weighted by Crippen LogP contribution is 2.41. The van der Waals surface area contributed by atoms with Crippen LogP contribution in [-0.4, -0.2) is 50.3 Å². The molecule has 166 valence electrons. The Balaban J connectivity index is 1.73. The van der Waals surface area contributed by atoms with Crippen LogP contribution in [0.2, 0.25) is 0 Å². The fraction of sp³-hybridized carbons (Fsp3) is 0.522. The van der Waals surface area contributed by atoms with Gasteiger partial charge in [-0.3, -0.25) is 9.69 Å². The summed E-state index contributed by atoms with van der Waals surface area (Å²) in [5, 5.41) is 15.5. The molecule has 4 rings (SSSR count). The first-order valence-corrected chi connectivity index (χ1v) is 11.9. The molecule has 0 unspecified atom stereocenters. The summed E-state index contributed by atoms with van der Waals surface area (Å²) in [7, 11) is 0. The molecule has 3 aromatic rings. The summed E-state index contributed by atoms with van der Waals surface area (Å²) in [6.45, 7) is 7.83. The van der Waals surface area contributed by atoms with E-state index in [1.807, 2.05) is 13.8 Å². The van der Waals surface area contributed by atoms with Gasteiger partial charge in [0.05, 0.1) is 23.4 Å². The van der Waals surface area contributed by atoms with Gasteiger partial charge in [-0.15, -0.1) is 5.10 Å². The number of aromatic nitrogens is 3. The van der Waals surface area contributed by atoms with Gasteiger partial charge in [-0.2, -0.15) is 4.52 Å². The third kappa shape index (κ3) is 4.32. The summed E-state index contributed by atoms with van der Waals surface area (Å²) in [5.74, 6) is 0.571. The molecular formula is C23H30N4O3S. The van der Waals surface area contributed by atoms with Crippen molar-refractivity contribution in [2.45, 2.75) is 52.5 Å². The number of ether oxygens (including phenoxy) is 1. The molecule has 0 amide bonds. The fourth-order valence-electron chi connectivity index (χ4n) is 4.28. The number of carbonyl (C=O) groups is 1. The Morgan fingerprint density at radius 3 is 2.68 bits per heavy atom. The molecule has 1 fully saturated rings. The lowest BCUT2D eigenvalue weighted by Gasteiger charge is -2.37. The molecule has 1 aromatic carbocycles. The highest BCUT2D eigenvalue weighted by molar-refractivity contribution is 7.17. The van der Waals surface area contributed by atoms with E-state index in [4.69, 9.17) is 4.74 Å². The van der Waals surface area contributed by atoms with E-state index in [1.54, 1.807) is 4.52 Å². The third-order valence-electron chi connectivity index (χ3n) is 5.95. The van der Waals surface area contributed by atoms with E-state index in [1.165, 1.54) is 16.9 Å². The van der Waals surface area contributed by atoms with E-state index in [9.17, 15) is 9.90 Å². The first-order chi connectivity index (χ1) is 15.0. The maximum absolute atomic E-state index is 12.4. The molecule has 0 bridgehead atoms. The van der Waals surface area contributed by atoms with Crippen molar-refractivity contribution in [3.05, 3.63) is 46.1 Å². The number of esters is 1. The van der Waals surface area contributed by atoms with E-state index in [-0.39, 0.29) is 23.8 Å². The van der Waals surface area contributed by atoms with Crippen molar-refractivity contribution in [1.82, 2.24) is 19.5 Å². The van der Waals surface area contributed by atoms with Crippen LogP contribution < -0.4 is 0 Å². The number of hydrogen-bond donors (Lipinski definition) is 1. The number of fused-ring (bicyclic) bond motifs is 1. The zero-order valence-electron chi connectivity index (χ0n) is 18.4. The highest BCUT2D eigenvalue weighted by Gasteiger charge is 2.35. The van der Waals surface area contributed by atoms with Crippen molar-refractivity contribution in [1.29, 1.82) is 0 Å². The van der Waals surface area contributed by atoms with Gasteiger partial charge in [0.1, 0.15) is 0 Å².